The van der Waals surface area contributed by atoms with Crippen LogP contribution in [0.15, 0.2) is 0 Å². The molecule has 0 radical (unpaired) electrons. The summed E-state index contributed by atoms with van der Waals surface area (Å²) in [5, 5.41) is 12.0. The fraction of sp³-hybridized carbons (Fsp3) is 0.750. The Kier molecular flexibility index (Phi) is 5.58. The molecule has 0 fully saturated rings. The van der Waals surface area contributed by atoms with Crippen LogP contribution in [0.5, 0.6) is 0 Å². The number of rotatable bonds is 5. The average molecular weight is 330 g/mol. The van der Waals surface area contributed by atoms with Crippen LogP contribution in [0.25, 0.3) is 0 Å². The normalized spacial score (nSPS) is 14.6. The van der Waals surface area contributed by atoms with Crippen molar-refractivity contribution in [2.75, 3.05) is 13.6 Å². The van der Waals surface area contributed by atoms with Crippen LogP contribution in [0.2, 0.25) is 0 Å². The van der Waals surface area contributed by atoms with Gasteiger partial charge in [-0.3, -0.25) is 4.79 Å². The Hall–Kier alpha value is -1.33. The third-order valence-corrected chi connectivity index (χ3v) is 2.55. The van der Waals surface area contributed by atoms with Crippen LogP contribution in [-0.2, 0) is 4.79 Å². The fourth-order valence-electron chi connectivity index (χ4n) is 1.06. The third-order valence-electron chi connectivity index (χ3n) is 2.20. The summed E-state index contributed by atoms with van der Waals surface area (Å²) in [6.07, 6.45) is -6.59. The van der Waals surface area contributed by atoms with Gasteiger partial charge in [-0.05, 0) is 12.2 Å². The molecule has 118 valence electrons. The first-order chi connectivity index (χ1) is 8.79. The lowest BCUT2D eigenvalue weighted by Gasteiger charge is -2.32. The van der Waals surface area contributed by atoms with Crippen molar-refractivity contribution in [3.05, 3.63) is 0 Å². The van der Waals surface area contributed by atoms with Crippen molar-refractivity contribution < 1.29 is 40.6 Å². The quantitative estimate of drug-likeness (QED) is 0.528. The minimum atomic E-state index is -6.59. The number of nitrogens with one attached hydrogen (secondary N) is 2. The van der Waals surface area contributed by atoms with Crippen LogP contribution < -0.4 is 10.6 Å². The minimum Gasteiger partial charge on any atom is -0.481 e. The number of aliphatic carboxylic acids is 1. The first-order valence-corrected chi connectivity index (χ1v) is 5.20. The van der Waals surface area contributed by atoms with E-state index in [2.05, 4.69) is 17.5 Å². The third kappa shape index (κ3) is 3.61. The van der Waals surface area contributed by atoms with Crippen LogP contribution in [0.1, 0.15) is 0 Å². The van der Waals surface area contributed by atoms with Crippen LogP contribution in [0.3, 0.4) is 0 Å². The van der Waals surface area contributed by atoms with Gasteiger partial charge in [0.15, 0.2) is 5.11 Å². The van der Waals surface area contributed by atoms with Gasteiger partial charge in [-0.15, -0.1) is 0 Å². The molecule has 4 nitrogen and oxygen atoms in total. The van der Waals surface area contributed by atoms with E-state index < -0.39 is 36.5 Å². The lowest BCUT2D eigenvalue weighted by atomic mass is 9.95. The first kappa shape index (κ1) is 18.7. The summed E-state index contributed by atoms with van der Waals surface area (Å²) in [6, 6.07) is 0. The summed E-state index contributed by atoms with van der Waals surface area (Å²) in [5.74, 6) is -18.2. The maximum atomic E-state index is 13.2. The zero-order valence-electron chi connectivity index (χ0n) is 9.69. The second-order valence-corrected chi connectivity index (χ2v) is 3.95. The number of thiocarbonyl (C=S) groups is 1. The van der Waals surface area contributed by atoms with E-state index in [1.165, 1.54) is 7.05 Å². The van der Waals surface area contributed by atoms with Gasteiger partial charge in [0.2, 0.25) is 0 Å². The van der Waals surface area contributed by atoms with Crippen LogP contribution in [0, 0.1) is 5.92 Å². The molecule has 0 heterocycles. The van der Waals surface area contributed by atoms with Crippen molar-refractivity contribution in [2.45, 2.75) is 18.0 Å². The molecular weight excluding hydrogens is 321 g/mol. The molecule has 0 rings (SSSR count). The maximum Gasteiger partial charge on any atom is 0.459 e. The van der Waals surface area contributed by atoms with Gasteiger partial charge in [0, 0.05) is 13.6 Å². The Morgan fingerprint density at radius 3 is 1.95 bits per heavy atom. The van der Waals surface area contributed by atoms with E-state index in [9.17, 15) is 35.5 Å². The van der Waals surface area contributed by atoms with Crippen molar-refractivity contribution in [2.24, 2.45) is 5.92 Å². The molecule has 0 spiro atoms. The SMILES string of the molecule is CNC(=S)NCC(C(=O)O)C(F)(F)C(F)(F)C(F)(F)F. The zero-order valence-corrected chi connectivity index (χ0v) is 10.5. The fourth-order valence-corrected chi connectivity index (χ4v) is 1.14. The van der Waals surface area contributed by atoms with Gasteiger partial charge in [-0.2, -0.15) is 30.7 Å². The number of hydrogen-bond donors (Lipinski definition) is 3. The van der Waals surface area contributed by atoms with Crippen molar-refractivity contribution >= 4 is 23.3 Å². The molecule has 0 aromatic carbocycles. The molecule has 0 aliphatic carbocycles. The van der Waals surface area contributed by atoms with E-state index in [0.717, 1.165) is 0 Å². The summed E-state index contributed by atoms with van der Waals surface area (Å²) in [6.45, 7) is -1.41. The maximum absolute atomic E-state index is 13.2. The predicted octanol–water partition coefficient (Wildman–Crippen LogP) is 1.61. The lowest BCUT2D eigenvalue weighted by molar-refractivity contribution is -0.363. The molecular formula is C8H9F7N2O2S. The predicted molar refractivity (Wildman–Crippen MR) is 56.7 cm³/mol. The smallest absolute Gasteiger partial charge is 0.459 e. The second kappa shape index (κ2) is 5.97. The van der Waals surface area contributed by atoms with E-state index in [1.807, 2.05) is 0 Å². The van der Waals surface area contributed by atoms with Crippen molar-refractivity contribution in [3.8, 4) is 0 Å². The van der Waals surface area contributed by atoms with Gasteiger partial charge in [-0.1, -0.05) is 0 Å². The largest absolute Gasteiger partial charge is 0.481 e. The highest BCUT2D eigenvalue weighted by Gasteiger charge is 2.76. The molecule has 1 unspecified atom stereocenters. The molecule has 0 aliphatic heterocycles. The number of halogens is 7. The molecule has 20 heavy (non-hydrogen) atoms. The molecule has 0 bridgehead atoms. The summed E-state index contributed by atoms with van der Waals surface area (Å²) in [4.78, 5) is 10.5. The minimum absolute atomic E-state index is 0.387. The Balaban J connectivity index is 5.36. The standard InChI is InChI=1S/C8H9F7N2O2S/c1-16-5(20)17-2-3(4(18)19)6(9,10)7(11,12)8(13,14)15/h3H,2H2,1H3,(H,18,19)(H2,16,17,20). The second-order valence-electron chi connectivity index (χ2n) is 3.55. The van der Waals surface area contributed by atoms with E-state index in [1.54, 1.807) is 5.32 Å². The van der Waals surface area contributed by atoms with Gasteiger partial charge >= 0.3 is 24.0 Å². The highest BCUT2D eigenvalue weighted by molar-refractivity contribution is 7.80. The molecule has 0 aromatic heterocycles. The summed E-state index contributed by atoms with van der Waals surface area (Å²) < 4.78 is 87.7. The molecule has 0 aromatic rings. The van der Waals surface area contributed by atoms with Gasteiger partial charge in [0.1, 0.15) is 5.92 Å². The van der Waals surface area contributed by atoms with E-state index in [-0.39, 0.29) is 5.11 Å². The Morgan fingerprint density at radius 1 is 1.20 bits per heavy atom. The Morgan fingerprint density at radius 2 is 1.65 bits per heavy atom. The average Bonchev–Trinajstić information content (AvgIpc) is 2.26. The van der Waals surface area contributed by atoms with Crippen LogP contribution in [-0.4, -0.2) is 47.8 Å². The zero-order chi connectivity index (χ0) is 16.4. The van der Waals surface area contributed by atoms with E-state index in [4.69, 9.17) is 5.11 Å². The molecule has 0 amide bonds. The van der Waals surface area contributed by atoms with Crippen LogP contribution in [0.4, 0.5) is 30.7 Å². The van der Waals surface area contributed by atoms with Gasteiger partial charge < -0.3 is 15.7 Å². The van der Waals surface area contributed by atoms with E-state index in [0.29, 0.717) is 0 Å². The number of hydrogen-bond acceptors (Lipinski definition) is 2. The summed E-state index contributed by atoms with van der Waals surface area (Å²) in [7, 11) is 1.20. The Labute approximate surface area is 113 Å². The molecule has 3 N–H and O–H groups in total. The highest BCUT2D eigenvalue weighted by Crippen LogP contribution is 2.49. The molecule has 0 saturated carbocycles. The van der Waals surface area contributed by atoms with E-state index >= 15 is 0 Å². The number of carboxylic acid groups (broad SMARTS) is 1. The van der Waals surface area contributed by atoms with Gasteiger partial charge in [-0.25, -0.2) is 0 Å². The summed E-state index contributed by atoms with van der Waals surface area (Å²) in [5.41, 5.74) is 0. The molecule has 0 saturated heterocycles. The molecule has 1 atom stereocenters. The number of alkyl halides is 7. The molecule has 12 heteroatoms. The highest BCUT2D eigenvalue weighted by atomic mass is 32.1. The number of carbonyl (C=O) groups is 1. The topological polar surface area (TPSA) is 61.4 Å². The van der Waals surface area contributed by atoms with Crippen molar-refractivity contribution in [1.82, 2.24) is 10.6 Å². The van der Waals surface area contributed by atoms with Crippen molar-refractivity contribution in [3.63, 3.8) is 0 Å². The Bertz CT molecular complexity index is 386. The van der Waals surface area contributed by atoms with Gasteiger partial charge in [0.05, 0.1) is 0 Å². The monoisotopic (exact) mass is 330 g/mol. The summed E-state index contributed by atoms with van der Waals surface area (Å²) >= 11 is 4.38. The lowest BCUT2D eigenvalue weighted by Crippen LogP contribution is -2.59. The van der Waals surface area contributed by atoms with Crippen molar-refractivity contribution in [1.29, 1.82) is 0 Å². The number of carboxylic acids is 1. The first-order valence-electron chi connectivity index (χ1n) is 4.79. The van der Waals surface area contributed by atoms with Crippen LogP contribution >= 0.6 is 12.2 Å². The van der Waals surface area contributed by atoms with Gasteiger partial charge in [0.25, 0.3) is 0 Å². The molecule has 0 aliphatic rings.